The van der Waals surface area contributed by atoms with Crippen molar-refractivity contribution in [3.8, 4) is 0 Å². The van der Waals surface area contributed by atoms with E-state index >= 15 is 0 Å². The minimum atomic E-state index is 0.752. The highest BCUT2D eigenvalue weighted by Crippen LogP contribution is 2.27. The standard InChI is InChI=1S/C12H14N4/c13-10-8-9-4-3-5-14-11(9)15-12(10)16-6-1-2-7-16/h3-5,8H,1-2,6-7,13H2. The molecule has 0 radical (unpaired) electrons. The monoisotopic (exact) mass is 214 g/mol. The highest BCUT2D eigenvalue weighted by atomic mass is 15.2. The van der Waals surface area contributed by atoms with Gasteiger partial charge in [0.25, 0.3) is 0 Å². The van der Waals surface area contributed by atoms with Gasteiger partial charge in [-0.2, -0.15) is 0 Å². The fourth-order valence-electron chi connectivity index (χ4n) is 2.19. The number of nitrogens with two attached hydrogens (primary N) is 1. The second-order valence-electron chi connectivity index (χ2n) is 4.15. The number of hydrogen-bond acceptors (Lipinski definition) is 4. The van der Waals surface area contributed by atoms with Crippen molar-refractivity contribution in [3.63, 3.8) is 0 Å². The molecule has 1 saturated heterocycles. The summed E-state index contributed by atoms with van der Waals surface area (Å²) < 4.78 is 0. The predicted molar refractivity (Wildman–Crippen MR) is 65.4 cm³/mol. The molecule has 1 aliphatic heterocycles. The number of nitrogen functional groups attached to an aromatic ring is 1. The highest BCUT2D eigenvalue weighted by Gasteiger charge is 2.16. The molecular formula is C12H14N4. The van der Waals surface area contributed by atoms with E-state index in [2.05, 4.69) is 14.9 Å². The molecule has 4 nitrogen and oxygen atoms in total. The zero-order valence-corrected chi connectivity index (χ0v) is 9.06. The summed E-state index contributed by atoms with van der Waals surface area (Å²) in [5.74, 6) is 0.892. The van der Waals surface area contributed by atoms with E-state index in [1.807, 2.05) is 18.2 Å². The zero-order chi connectivity index (χ0) is 11.0. The fourth-order valence-corrected chi connectivity index (χ4v) is 2.19. The Hall–Kier alpha value is -1.84. The summed E-state index contributed by atoms with van der Waals surface area (Å²) in [6.45, 7) is 2.10. The summed E-state index contributed by atoms with van der Waals surface area (Å²) in [5.41, 5.74) is 7.56. The molecule has 0 atom stereocenters. The summed E-state index contributed by atoms with van der Waals surface area (Å²) in [4.78, 5) is 11.0. The molecule has 3 heterocycles. The molecule has 0 bridgehead atoms. The lowest BCUT2D eigenvalue weighted by molar-refractivity contribution is 0.944. The molecule has 0 spiro atoms. The topological polar surface area (TPSA) is 55.0 Å². The van der Waals surface area contributed by atoms with Gasteiger partial charge in [0.1, 0.15) is 0 Å². The molecule has 0 aliphatic carbocycles. The molecule has 2 aromatic heterocycles. The van der Waals surface area contributed by atoms with Gasteiger partial charge in [0, 0.05) is 24.7 Å². The minimum absolute atomic E-state index is 0.752. The van der Waals surface area contributed by atoms with Crippen molar-refractivity contribution in [1.29, 1.82) is 0 Å². The first-order valence-corrected chi connectivity index (χ1v) is 5.61. The molecule has 2 N–H and O–H groups in total. The van der Waals surface area contributed by atoms with Gasteiger partial charge in [0.2, 0.25) is 0 Å². The van der Waals surface area contributed by atoms with Crippen LogP contribution >= 0.6 is 0 Å². The normalized spacial score (nSPS) is 15.9. The second kappa shape index (κ2) is 3.63. The van der Waals surface area contributed by atoms with Gasteiger partial charge in [-0.1, -0.05) is 0 Å². The van der Waals surface area contributed by atoms with Crippen molar-refractivity contribution in [2.24, 2.45) is 0 Å². The number of anilines is 2. The van der Waals surface area contributed by atoms with Crippen molar-refractivity contribution >= 4 is 22.5 Å². The summed E-state index contributed by atoms with van der Waals surface area (Å²) in [5, 5.41) is 1.00. The molecule has 0 aromatic carbocycles. The van der Waals surface area contributed by atoms with Gasteiger partial charge in [0.05, 0.1) is 5.69 Å². The second-order valence-corrected chi connectivity index (χ2v) is 4.15. The number of pyridine rings is 2. The van der Waals surface area contributed by atoms with Crippen LogP contribution in [0.4, 0.5) is 11.5 Å². The number of aromatic nitrogens is 2. The quantitative estimate of drug-likeness (QED) is 0.786. The van der Waals surface area contributed by atoms with Gasteiger partial charge in [0.15, 0.2) is 11.5 Å². The number of nitrogens with zero attached hydrogens (tertiary/aromatic N) is 3. The van der Waals surface area contributed by atoms with Crippen molar-refractivity contribution in [1.82, 2.24) is 9.97 Å². The van der Waals surface area contributed by atoms with Gasteiger partial charge in [-0.05, 0) is 31.0 Å². The first-order chi connectivity index (χ1) is 7.84. The van der Waals surface area contributed by atoms with Crippen molar-refractivity contribution < 1.29 is 0 Å². The number of hydrogen-bond donors (Lipinski definition) is 1. The van der Waals surface area contributed by atoms with Crippen LogP contribution in [0.25, 0.3) is 11.0 Å². The minimum Gasteiger partial charge on any atom is -0.396 e. The van der Waals surface area contributed by atoms with Crippen LogP contribution in [-0.2, 0) is 0 Å². The van der Waals surface area contributed by atoms with Gasteiger partial charge in [-0.15, -0.1) is 0 Å². The summed E-state index contributed by atoms with van der Waals surface area (Å²) in [6, 6.07) is 5.85. The predicted octanol–water partition coefficient (Wildman–Crippen LogP) is 1.81. The summed E-state index contributed by atoms with van der Waals surface area (Å²) in [6.07, 6.45) is 4.21. The third kappa shape index (κ3) is 1.46. The molecular weight excluding hydrogens is 200 g/mol. The lowest BCUT2D eigenvalue weighted by Crippen LogP contribution is -2.20. The maximum absolute atomic E-state index is 6.03. The maximum Gasteiger partial charge on any atom is 0.161 e. The van der Waals surface area contributed by atoms with E-state index in [-0.39, 0.29) is 0 Å². The largest absolute Gasteiger partial charge is 0.396 e. The maximum atomic E-state index is 6.03. The van der Waals surface area contributed by atoms with Gasteiger partial charge in [-0.25, -0.2) is 9.97 Å². The fraction of sp³-hybridized carbons (Fsp3) is 0.333. The van der Waals surface area contributed by atoms with Crippen molar-refractivity contribution in [3.05, 3.63) is 24.4 Å². The molecule has 1 aliphatic rings. The van der Waals surface area contributed by atoms with Crippen LogP contribution in [0.1, 0.15) is 12.8 Å². The van der Waals surface area contributed by atoms with Gasteiger partial charge in [-0.3, -0.25) is 0 Å². The van der Waals surface area contributed by atoms with Crippen LogP contribution in [0, 0.1) is 0 Å². The van der Waals surface area contributed by atoms with Crippen LogP contribution in [0.5, 0.6) is 0 Å². The Morgan fingerprint density at radius 2 is 2.06 bits per heavy atom. The number of fused-ring (bicyclic) bond motifs is 1. The van der Waals surface area contributed by atoms with Crippen LogP contribution < -0.4 is 10.6 Å². The van der Waals surface area contributed by atoms with Crippen LogP contribution in [-0.4, -0.2) is 23.1 Å². The molecule has 3 rings (SSSR count). The molecule has 0 amide bonds. The van der Waals surface area contributed by atoms with Crippen molar-refractivity contribution in [2.45, 2.75) is 12.8 Å². The van der Waals surface area contributed by atoms with Crippen molar-refractivity contribution in [2.75, 3.05) is 23.7 Å². The van der Waals surface area contributed by atoms with E-state index in [0.717, 1.165) is 35.6 Å². The lowest BCUT2D eigenvalue weighted by atomic mass is 10.2. The lowest BCUT2D eigenvalue weighted by Gasteiger charge is -2.18. The van der Waals surface area contributed by atoms with E-state index in [1.54, 1.807) is 6.20 Å². The Labute approximate surface area is 94.1 Å². The Balaban J connectivity index is 2.13. The Morgan fingerprint density at radius 1 is 1.25 bits per heavy atom. The average Bonchev–Trinajstić information content (AvgIpc) is 2.81. The first kappa shape index (κ1) is 9.39. The molecule has 4 heteroatoms. The summed E-state index contributed by atoms with van der Waals surface area (Å²) >= 11 is 0. The first-order valence-electron chi connectivity index (χ1n) is 5.61. The Kier molecular flexibility index (Phi) is 2.13. The van der Waals surface area contributed by atoms with Gasteiger partial charge < -0.3 is 10.6 Å². The Morgan fingerprint density at radius 3 is 2.88 bits per heavy atom. The SMILES string of the molecule is Nc1cc2cccnc2nc1N1CCCC1. The smallest absolute Gasteiger partial charge is 0.161 e. The van der Waals surface area contributed by atoms with Crippen LogP contribution in [0.3, 0.4) is 0 Å². The summed E-state index contributed by atoms with van der Waals surface area (Å²) in [7, 11) is 0. The van der Waals surface area contributed by atoms with Crippen LogP contribution in [0.15, 0.2) is 24.4 Å². The zero-order valence-electron chi connectivity index (χ0n) is 9.06. The Bertz CT molecular complexity index is 517. The number of rotatable bonds is 1. The molecule has 0 saturated carbocycles. The van der Waals surface area contributed by atoms with E-state index in [9.17, 15) is 0 Å². The highest BCUT2D eigenvalue weighted by molar-refractivity contribution is 5.83. The van der Waals surface area contributed by atoms with E-state index < -0.39 is 0 Å². The third-order valence-electron chi connectivity index (χ3n) is 3.00. The van der Waals surface area contributed by atoms with E-state index in [0.29, 0.717) is 0 Å². The van der Waals surface area contributed by atoms with E-state index in [1.165, 1.54) is 12.8 Å². The van der Waals surface area contributed by atoms with Crippen LogP contribution in [0.2, 0.25) is 0 Å². The molecule has 82 valence electrons. The molecule has 2 aromatic rings. The average molecular weight is 214 g/mol. The molecule has 1 fully saturated rings. The third-order valence-corrected chi connectivity index (χ3v) is 3.00. The molecule has 16 heavy (non-hydrogen) atoms. The molecule has 0 unspecified atom stereocenters. The van der Waals surface area contributed by atoms with Gasteiger partial charge >= 0.3 is 0 Å². The van der Waals surface area contributed by atoms with E-state index in [4.69, 9.17) is 5.73 Å².